The van der Waals surface area contributed by atoms with Gasteiger partial charge in [-0.2, -0.15) is 9.90 Å². The summed E-state index contributed by atoms with van der Waals surface area (Å²) in [7, 11) is 0. The number of carbonyl (C=O) groups is 2. The number of carbonyl (C=O) groups excluding carboxylic acids is 2. The number of aromatic amines is 1. The van der Waals surface area contributed by atoms with Gasteiger partial charge in [-0.25, -0.2) is 4.98 Å². The molecule has 9 nitrogen and oxygen atoms in total. The second-order valence-corrected chi connectivity index (χ2v) is 4.62. The first kappa shape index (κ1) is 13.7. The van der Waals surface area contributed by atoms with E-state index in [2.05, 4.69) is 30.8 Å². The van der Waals surface area contributed by atoms with Crippen LogP contribution in [0.15, 0.2) is 30.7 Å². The minimum atomic E-state index is -0.274. The highest BCUT2D eigenvalue weighted by Crippen LogP contribution is 2.15. The Balaban J connectivity index is 1.64. The molecule has 0 spiro atoms. The van der Waals surface area contributed by atoms with E-state index in [1.165, 1.54) is 17.9 Å². The van der Waals surface area contributed by atoms with E-state index in [1.807, 2.05) is 6.07 Å². The van der Waals surface area contributed by atoms with Crippen LogP contribution in [0.25, 0.3) is 11.0 Å². The molecule has 3 aromatic rings. The normalized spacial score (nSPS) is 10.6. The number of hydrogen-bond acceptors (Lipinski definition) is 5. The molecule has 22 heavy (non-hydrogen) atoms. The maximum atomic E-state index is 12.0. The van der Waals surface area contributed by atoms with Crippen molar-refractivity contribution in [2.75, 3.05) is 10.6 Å². The average Bonchev–Trinajstić information content (AvgIpc) is 3.06. The van der Waals surface area contributed by atoms with Gasteiger partial charge in [0.2, 0.25) is 11.8 Å². The Labute approximate surface area is 124 Å². The van der Waals surface area contributed by atoms with Crippen molar-refractivity contribution in [1.29, 1.82) is 0 Å². The second kappa shape index (κ2) is 5.64. The van der Waals surface area contributed by atoms with Crippen LogP contribution in [0, 0.1) is 0 Å². The SMILES string of the molecule is CC(=O)Nc1cnn(CC(=O)Nc2ccc3nc[nH]c3c2)n1. The van der Waals surface area contributed by atoms with E-state index in [4.69, 9.17) is 0 Å². The quantitative estimate of drug-likeness (QED) is 0.657. The second-order valence-electron chi connectivity index (χ2n) is 4.62. The number of rotatable bonds is 4. The van der Waals surface area contributed by atoms with Gasteiger partial charge in [0.05, 0.1) is 23.6 Å². The molecular formula is C13H13N7O2. The Morgan fingerprint density at radius 3 is 3.00 bits per heavy atom. The van der Waals surface area contributed by atoms with Gasteiger partial charge in [-0.05, 0) is 18.2 Å². The molecule has 0 saturated carbocycles. The number of nitrogens with zero attached hydrogens (tertiary/aromatic N) is 4. The lowest BCUT2D eigenvalue weighted by Gasteiger charge is -2.04. The summed E-state index contributed by atoms with van der Waals surface area (Å²) in [6.07, 6.45) is 2.97. The molecule has 2 heterocycles. The lowest BCUT2D eigenvalue weighted by Crippen LogP contribution is -2.20. The topological polar surface area (TPSA) is 118 Å². The fourth-order valence-corrected chi connectivity index (χ4v) is 1.95. The molecule has 9 heteroatoms. The average molecular weight is 299 g/mol. The molecule has 0 unspecified atom stereocenters. The van der Waals surface area contributed by atoms with E-state index < -0.39 is 0 Å². The fraction of sp³-hybridized carbons (Fsp3) is 0.154. The van der Waals surface area contributed by atoms with E-state index in [1.54, 1.807) is 18.5 Å². The molecule has 0 atom stereocenters. The molecule has 0 aliphatic carbocycles. The van der Waals surface area contributed by atoms with Crippen molar-refractivity contribution in [2.24, 2.45) is 0 Å². The first-order valence-corrected chi connectivity index (χ1v) is 6.51. The van der Waals surface area contributed by atoms with Crippen molar-refractivity contribution in [3.8, 4) is 0 Å². The number of hydrogen-bond donors (Lipinski definition) is 3. The van der Waals surface area contributed by atoms with Crippen molar-refractivity contribution in [1.82, 2.24) is 25.0 Å². The Kier molecular flexibility index (Phi) is 3.52. The van der Waals surface area contributed by atoms with Gasteiger partial charge in [0.1, 0.15) is 6.54 Å². The summed E-state index contributed by atoms with van der Waals surface area (Å²) in [6, 6.07) is 5.36. The minimum Gasteiger partial charge on any atom is -0.345 e. The Hall–Kier alpha value is -3.23. The monoisotopic (exact) mass is 299 g/mol. The van der Waals surface area contributed by atoms with Crippen LogP contribution >= 0.6 is 0 Å². The lowest BCUT2D eigenvalue weighted by atomic mass is 10.3. The molecule has 0 aliphatic heterocycles. The van der Waals surface area contributed by atoms with E-state index in [9.17, 15) is 9.59 Å². The van der Waals surface area contributed by atoms with Crippen LogP contribution in [0.3, 0.4) is 0 Å². The zero-order valence-corrected chi connectivity index (χ0v) is 11.7. The summed E-state index contributed by atoms with van der Waals surface area (Å²) in [5, 5.41) is 13.1. The minimum absolute atomic E-state index is 0.0550. The molecule has 0 fully saturated rings. The molecular weight excluding hydrogens is 286 g/mol. The third kappa shape index (κ3) is 3.08. The molecule has 0 bridgehead atoms. The summed E-state index contributed by atoms with van der Waals surface area (Å²) in [5.74, 6) is -0.215. The molecule has 2 amide bonds. The molecule has 0 saturated heterocycles. The molecule has 3 N–H and O–H groups in total. The summed E-state index contributed by atoms with van der Waals surface area (Å²) >= 11 is 0. The van der Waals surface area contributed by atoms with E-state index >= 15 is 0 Å². The molecule has 1 aromatic carbocycles. The first-order valence-electron chi connectivity index (χ1n) is 6.51. The predicted octanol–water partition coefficient (Wildman–Crippen LogP) is 0.751. The smallest absolute Gasteiger partial charge is 0.247 e. The number of fused-ring (bicyclic) bond motifs is 1. The van der Waals surface area contributed by atoms with Crippen molar-refractivity contribution in [2.45, 2.75) is 13.5 Å². The maximum Gasteiger partial charge on any atom is 0.247 e. The van der Waals surface area contributed by atoms with Gasteiger partial charge in [0.15, 0.2) is 5.82 Å². The van der Waals surface area contributed by atoms with Gasteiger partial charge < -0.3 is 15.6 Å². The van der Waals surface area contributed by atoms with Crippen LogP contribution in [0.2, 0.25) is 0 Å². The van der Waals surface area contributed by atoms with Crippen LogP contribution < -0.4 is 10.6 Å². The molecule has 0 aliphatic rings. The van der Waals surface area contributed by atoms with Gasteiger partial charge in [0.25, 0.3) is 0 Å². The summed E-state index contributed by atoms with van der Waals surface area (Å²) in [4.78, 5) is 31.1. The van der Waals surface area contributed by atoms with E-state index in [0.29, 0.717) is 11.5 Å². The number of nitrogens with one attached hydrogen (secondary N) is 3. The standard InChI is InChI=1S/C13H13N7O2/c1-8(21)17-12-5-16-20(19-12)6-13(22)18-9-2-3-10-11(4-9)15-7-14-10/h2-5,7H,6H2,1H3,(H,14,15)(H,18,22)(H,17,19,21). The van der Waals surface area contributed by atoms with Crippen molar-refractivity contribution < 1.29 is 9.59 Å². The first-order chi connectivity index (χ1) is 10.6. The van der Waals surface area contributed by atoms with Crippen molar-refractivity contribution in [3.05, 3.63) is 30.7 Å². The maximum absolute atomic E-state index is 12.0. The Morgan fingerprint density at radius 2 is 2.18 bits per heavy atom. The van der Waals surface area contributed by atoms with Crippen LogP contribution in [-0.4, -0.2) is 36.8 Å². The van der Waals surface area contributed by atoms with Gasteiger partial charge in [-0.1, -0.05) is 0 Å². The van der Waals surface area contributed by atoms with Gasteiger partial charge in [0, 0.05) is 12.6 Å². The highest BCUT2D eigenvalue weighted by atomic mass is 16.2. The molecule has 112 valence electrons. The van der Waals surface area contributed by atoms with Crippen LogP contribution in [-0.2, 0) is 16.1 Å². The number of aromatic nitrogens is 5. The third-order valence-corrected chi connectivity index (χ3v) is 2.83. The van der Waals surface area contributed by atoms with Crippen molar-refractivity contribution in [3.63, 3.8) is 0 Å². The molecule has 3 rings (SSSR count). The number of H-pyrrole nitrogens is 1. The molecule has 0 radical (unpaired) electrons. The van der Waals surface area contributed by atoms with Crippen LogP contribution in [0.4, 0.5) is 11.5 Å². The number of benzene rings is 1. The van der Waals surface area contributed by atoms with Crippen LogP contribution in [0.1, 0.15) is 6.92 Å². The number of imidazole rings is 1. The Morgan fingerprint density at radius 1 is 1.32 bits per heavy atom. The summed E-state index contributed by atoms with van der Waals surface area (Å²) in [6.45, 7) is 1.32. The lowest BCUT2D eigenvalue weighted by molar-refractivity contribution is -0.117. The summed E-state index contributed by atoms with van der Waals surface area (Å²) < 4.78 is 0. The highest BCUT2D eigenvalue weighted by Gasteiger charge is 2.08. The van der Waals surface area contributed by atoms with Gasteiger partial charge in [-0.15, -0.1) is 5.10 Å². The van der Waals surface area contributed by atoms with Crippen molar-refractivity contribution >= 4 is 34.4 Å². The van der Waals surface area contributed by atoms with E-state index in [0.717, 1.165) is 11.0 Å². The molecule has 2 aromatic heterocycles. The fourth-order valence-electron chi connectivity index (χ4n) is 1.95. The zero-order valence-electron chi connectivity index (χ0n) is 11.7. The largest absolute Gasteiger partial charge is 0.345 e. The van der Waals surface area contributed by atoms with E-state index in [-0.39, 0.29) is 18.4 Å². The summed E-state index contributed by atoms with van der Waals surface area (Å²) in [5.41, 5.74) is 2.31. The Bertz CT molecular complexity index is 836. The van der Waals surface area contributed by atoms with Gasteiger partial charge in [-0.3, -0.25) is 9.59 Å². The predicted molar refractivity (Wildman–Crippen MR) is 79.0 cm³/mol. The number of anilines is 2. The number of amides is 2. The third-order valence-electron chi connectivity index (χ3n) is 2.83. The van der Waals surface area contributed by atoms with Crippen LogP contribution in [0.5, 0.6) is 0 Å². The highest BCUT2D eigenvalue weighted by molar-refractivity contribution is 5.92. The van der Waals surface area contributed by atoms with Gasteiger partial charge >= 0.3 is 0 Å². The zero-order chi connectivity index (χ0) is 15.5.